The van der Waals surface area contributed by atoms with Crippen LogP contribution < -0.4 is 14.4 Å². The Bertz CT molecular complexity index is 1540. The highest BCUT2D eigenvalue weighted by atomic mass is 35.5. The van der Waals surface area contributed by atoms with Gasteiger partial charge in [0.15, 0.2) is 0 Å². The number of amides is 2. The van der Waals surface area contributed by atoms with Crippen LogP contribution in [0.3, 0.4) is 0 Å². The van der Waals surface area contributed by atoms with Crippen LogP contribution in [0.2, 0.25) is 5.02 Å². The molecule has 0 saturated heterocycles. The average Bonchev–Trinajstić information content (AvgIpc) is 3.01. The number of anilines is 1. The van der Waals surface area contributed by atoms with Crippen LogP contribution in [0.5, 0.6) is 5.75 Å². The summed E-state index contributed by atoms with van der Waals surface area (Å²) in [4.78, 5) is 29.6. The molecule has 236 valence electrons. The Kier molecular flexibility index (Phi) is 11.3. The van der Waals surface area contributed by atoms with Crippen LogP contribution in [0, 0.1) is 13.8 Å². The van der Waals surface area contributed by atoms with E-state index in [0.717, 1.165) is 47.5 Å². The Morgan fingerprint density at radius 1 is 0.977 bits per heavy atom. The number of nitrogens with zero attached hydrogens (tertiary/aromatic N) is 2. The summed E-state index contributed by atoms with van der Waals surface area (Å²) in [5.41, 5.74) is 2.64. The van der Waals surface area contributed by atoms with E-state index in [1.807, 2.05) is 26.0 Å². The molecule has 10 heteroatoms. The number of methoxy groups -OCH3 is 1. The average molecular weight is 640 g/mol. The van der Waals surface area contributed by atoms with Crippen molar-refractivity contribution in [3.05, 3.63) is 88.4 Å². The molecule has 0 aromatic heterocycles. The highest BCUT2D eigenvalue weighted by Crippen LogP contribution is 2.30. The van der Waals surface area contributed by atoms with Crippen LogP contribution in [0.1, 0.15) is 62.1 Å². The van der Waals surface area contributed by atoms with Crippen molar-refractivity contribution in [2.24, 2.45) is 0 Å². The number of rotatable bonds is 12. The molecular formula is C34H42ClN3O5S. The smallest absolute Gasteiger partial charge is 0.264 e. The second-order valence-corrected chi connectivity index (χ2v) is 13.7. The molecule has 0 radical (unpaired) electrons. The van der Waals surface area contributed by atoms with E-state index >= 15 is 0 Å². The molecule has 1 aliphatic carbocycles. The molecule has 8 nitrogen and oxygen atoms in total. The molecule has 1 N–H and O–H groups in total. The molecule has 1 aliphatic rings. The first-order valence-corrected chi connectivity index (χ1v) is 16.9. The van der Waals surface area contributed by atoms with Crippen LogP contribution in [0.25, 0.3) is 0 Å². The molecule has 2 amide bonds. The van der Waals surface area contributed by atoms with Gasteiger partial charge in [-0.05, 0) is 86.7 Å². The molecule has 44 heavy (non-hydrogen) atoms. The number of carbonyl (C=O) groups is 2. The topological polar surface area (TPSA) is 96.0 Å². The maximum absolute atomic E-state index is 14.4. The van der Waals surface area contributed by atoms with Crippen molar-refractivity contribution in [1.82, 2.24) is 10.2 Å². The second kappa shape index (κ2) is 14.9. The largest absolute Gasteiger partial charge is 0.497 e. The SMILES string of the molecule is CC[C@H](C(=O)NC1CCCCC1)N(Cc1ccc(OC)cc1)C(=O)CN(c1ccc(Cl)cc1C)S(=O)(=O)c1ccc(C)cc1. The minimum absolute atomic E-state index is 0.0639. The van der Waals surface area contributed by atoms with Crippen molar-refractivity contribution in [2.45, 2.75) is 82.8 Å². The lowest BCUT2D eigenvalue weighted by molar-refractivity contribution is -0.140. The zero-order chi connectivity index (χ0) is 31.9. The normalized spacial score (nSPS) is 14.5. The Labute approximate surface area is 266 Å². The van der Waals surface area contributed by atoms with Gasteiger partial charge in [0.1, 0.15) is 18.3 Å². The Morgan fingerprint density at radius 3 is 2.23 bits per heavy atom. The first-order valence-electron chi connectivity index (χ1n) is 15.1. The third kappa shape index (κ3) is 8.12. The van der Waals surface area contributed by atoms with E-state index in [-0.39, 0.29) is 23.4 Å². The summed E-state index contributed by atoms with van der Waals surface area (Å²) in [7, 11) is -2.59. The molecule has 3 aromatic carbocycles. The summed E-state index contributed by atoms with van der Waals surface area (Å²) in [6.45, 7) is 5.12. The van der Waals surface area contributed by atoms with E-state index in [0.29, 0.717) is 28.4 Å². The van der Waals surface area contributed by atoms with Gasteiger partial charge in [0.2, 0.25) is 11.8 Å². The number of halogens is 1. The Balaban J connectivity index is 1.73. The van der Waals surface area contributed by atoms with Crippen LogP contribution in [0.15, 0.2) is 71.6 Å². The van der Waals surface area contributed by atoms with Gasteiger partial charge in [0.25, 0.3) is 10.0 Å². The van der Waals surface area contributed by atoms with E-state index in [4.69, 9.17) is 16.3 Å². The van der Waals surface area contributed by atoms with Gasteiger partial charge in [-0.3, -0.25) is 13.9 Å². The number of nitrogens with one attached hydrogen (secondary N) is 1. The van der Waals surface area contributed by atoms with Crippen LogP contribution in [-0.4, -0.2) is 50.9 Å². The Hall–Kier alpha value is -3.56. The minimum atomic E-state index is -4.17. The summed E-state index contributed by atoms with van der Waals surface area (Å²) in [5, 5.41) is 3.63. The summed E-state index contributed by atoms with van der Waals surface area (Å²) in [5.74, 6) is -0.0457. The number of sulfonamides is 1. The molecule has 1 atom stereocenters. The summed E-state index contributed by atoms with van der Waals surface area (Å²) in [6.07, 6.45) is 5.46. The quantitative estimate of drug-likeness (QED) is 0.247. The fraction of sp³-hybridized carbons (Fsp3) is 0.412. The van der Waals surface area contributed by atoms with E-state index in [1.165, 1.54) is 17.0 Å². The monoisotopic (exact) mass is 639 g/mol. The molecule has 0 bridgehead atoms. The van der Waals surface area contributed by atoms with Crippen LogP contribution >= 0.6 is 11.6 Å². The van der Waals surface area contributed by atoms with Gasteiger partial charge in [-0.25, -0.2) is 8.42 Å². The van der Waals surface area contributed by atoms with Gasteiger partial charge in [-0.1, -0.05) is 67.6 Å². The van der Waals surface area contributed by atoms with Gasteiger partial charge in [0, 0.05) is 17.6 Å². The summed E-state index contributed by atoms with van der Waals surface area (Å²) < 4.78 is 34.7. The van der Waals surface area contributed by atoms with E-state index in [2.05, 4.69) is 5.32 Å². The molecule has 1 fully saturated rings. The third-order valence-corrected chi connectivity index (χ3v) is 10.2. The standard InChI is InChI=1S/C34H42ClN3O5S/c1-5-31(34(40)36-28-9-7-6-8-10-28)37(22-26-13-16-29(43-4)17-14-26)33(39)23-38(32-20-15-27(35)21-25(32)3)44(41,42)30-18-11-24(2)12-19-30/h11-21,28,31H,5-10,22-23H2,1-4H3,(H,36,40)/t31-/m1/s1. The number of carbonyl (C=O) groups excluding carboxylic acids is 2. The van der Waals surface area contributed by atoms with Crippen molar-refractivity contribution >= 4 is 39.1 Å². The number of ether oxygens (including phenoxy) is 1. The van der Waals surface area contributed by atoms with E-state index < -0.39 is 28.5 Å². The highest BCUT2D eigenvalue weighted by Gasteiger charge is 2.35. The highest BCUT2D eigenvalue weighted by molar-refractivity contribution is 7.92. The molecule has 0 unspecified atom stereocenters. The van der Waals surface area contributed by atoms with E-state index in [1.54, 1.807) is 56.5 Å². The van der Waals surface area contributed by atoms with E-state index in [9.17, 15) is 18.0 Å². The van der Waals surface area contributed by atoms with Crippen LogP contribution in [-0.2, 0) is 26.2 Å². The summed E-state index contributed by atoms with van der Waals surface area (Å²) in [6, 6.07) is 18.0. The molecule has 0 spiro atoms. The molecule has 3 aromatic rings. The predicted octanol–water partition coefficient (Wildman–Crippen LogP) is 6.42. The molecule has 1 saturated carbocycles. The van der Waals surface area contributed by atoms with Gasteiger partial charge >= 0.3 is 0 Å². The Morgan fingerprint density at radius 2 is 1.64 bits per heavy atom. The van der Waals surface area contributed by atoms with Gasteiger partial charge in [-0.2, -0.15) is 0 Å². The van der Waals surface area contributed by atoms with Crippen molar-refractivity contribution in [1.29, 1.82) is 0 Å². The molecule has 0 heterocycles. The zero-order valence-corrected chi connectivity index (χ0v) is 27.5. The van der Waals surface area contributed by atoms with Crippen LogP contribution in [0.4, 0.5) is 5.69 Å². The first kappa shape index (κ1) is 33.3. The van der Waals surface area contributed by atoms with Crippen molar-refractivity contribution in [2.75, 3.05) is 18.0 Å². The summed E-state index contributed by atoms with van der Waals surface area (Å²) >= 11 is 6.22. The molecule has 4 rings (SSSR count). The maximum atomic E-state index is 14.4. The first-order chi connectivity index (χ1) is 21.0. The van der Waals surface area contributed by atoms with Crippen molar-refractivity contribution < 1.29 is 22.7 Å². The lowest BCUT2D eigenvalue weighted by Crippen LogP contribution is -2.54. The lowest BCUT2D eigenvalue weighted by Gasteiger charge is -2.34. The number of aryl methyl sites for hydroxylation is 2. The maximum Gasteiger partial charge on any atom is 0.264 e. The minimum Gasteiger partial charge on any atom is -0.497 e. The van der Waals surface area contributed by atoms with Gasteiger partial charge < -0.3 is 15.0 Å². The van der Waals surface area contributed by atoms with Gasteiger partial charge in [0.05, 0.1) is 17.7 Å². The number of hydrogen-bond donors (Lipinski definition) is 1. The fourth-order valence-corrected chi connectivity index (χ4v) is 7.35. The predicted molar refractivity (Wildman–Crippen MR) is 175 cm³/mol. The fourth-order valence-electron chi connectivity index (χ4n) is 5.64. The lowest BCUT2D eigenvalue weighted by atomic mass is 9.95. The number of benzene rings is 3. The second-order valence-electron chi connectivity index (χ2n) is 11.4. The number of hydrogen-bond acceptors (Lipinski definition) is 5. The van der Waals surface area contributed by atoms with Gasteiger partial charge in [-0.15, -0.1) is 0 Å². The molecule has 0 aliphatic heterocycles. The third-order valence-electron chi connectivity index (χ3n) is 8.16. The van der Waals surface area contributed by atoms with Crippen molar-refractivity contribution in [3.8, 4) is 5.75 Å². The van der Waals surface area contributed by atoms with Crippen molar-refractivity contribution in [3.63, 3.8) is 0 Å². The molecular weight excluding hydrogens is 598 g/mol. The zero-order valence-electron chi connectivity index (χ0n) is 25.9.